The first-order valence-electron chi connectivity index (χ1n) is 6.42. The van der Waals surface area contributed by atoms with E-state index in [1.165, 1.54) is 5.56 Å². The van der Waals surface area contributed by atoms with Crippen molar-refractivity contribution >= 4 is 0 Å². The van der Waals surface area contributed by atoms with Crippen molar-refractivity contribution in [1.29, 1.82) is 0 Å². The van der Waals surface area contributed by atoms with Gasteiger partial charge in [0.15, 0.2) is 5.82 Å². The van der Waals surface area contributed by atoms with E-state index in [2.05, 4.69) is 32.9 Å². The van der Waals surface area contributed by atoms with E-state index in [-0.39, 0.29) is 6.04 Å². The first kappa shape index (κ1) is 13.5. The summed E-state index contributed by atoms with van der Waals surface area (Å²) >= 11 is 0. The van der Waals surface area contributed by atoms with E-state index in [1.54, 1.807) is 12.1 Å². The third-order valence-corrected chi connectivity index (χ3v) is 3.09. The zero-order valence-corrected chi connectivity index (χ0v) is 11.2. The van der Waals surface area contributed by atoms with Crippen LogP contribution in [0.1, 0.15) is 37.7 Å². The number of benzene rings is 1. The number of nitrogens with one attached hydrogen (secondary N) is 2. The molecule has 0 aliphatic heterocycles. The summed E-state index contributed by atoms with van der Waals surface area (Å²) in [5, 5.41) is 26.6. The molecule has 19 heavy (non-hydrogen) atoms. The maximum Gasteiger partial charge on any atom is 0.191 e. The van der Waals surface area contributed by atoms with Gasteiger partial charge in [-0.25, -0.2) is 0 Å². The Labute approximate surface area is 112 Å². The Bertz CT molecular complexity index is 482. The molecule has 102 valence electrons. The molecule has 0 amide bonds. The number of aromatic hydroxyl groups is 1. The number of tetrazole rings is 1. The predicted octanol–water partition coefficient (Wildman–Crippen LogP) is 1.58. The molecule has 1 heterocycles. The van der Waals surface area contributed by atoms with E-state index in [1.807, 2.05) is 19.1 Å². The fourth-order valence-corrected chi connectivity index (χ4v) is 1.98. The van der Waals surface area contributed by atoms with Gasteiger partial charge < -0.3 is 10.4 Å². The van der Waals surface area contributed by atoms with Crippen molar-refractivity contribution in [2.45, 2.75) is 38.8 Å². The summed E-state index contributed by atoms with van der Waals surface area (Å²) in [6.45, 7) is 4.15. The van der Waals surface area contributed by atoms with Crippen LogP contribution < -0.4 is 5.32 Å². The lowest BCUT2D eigenvalue weighted by molar-refractivity contribution is 0.443. The number of aryl methyl sites for hydroxylation is 1. The lowest BCUT2D eigenvalue weighted by Gasteiger charge is -2.17. The number of hydrogen-bond acceptors (Lipinski definition) is 5. The second-order valence-corrected chi connectivity index (χ2v) is 4.76. The average Bonchev–Trinajstić information content (AvgIpc) is 2.92. The maximum atomic E-state index is 9.22. The van der Waals surface area contributed by atoms with Crippen molar-refractivity contribution in [2.24, 2.45) is 0 Å². The van der Waals surface area contributed by atoms with Gasteiger partial charge in [-0.3, -0.25) is 0 Å². The monoisotopic (exact) mass is 261 g/mol. The Kier molecular flexibility index (Phi) is 4.46. The largest absolute Gasteiger partial charge is 0.508 e. The molecule has 2 atom stereocenters. The zero-order chi connectivity index (χ0) is 13.7. The molecule has 1 aromatic heterocycles. The number of aromatic amines is 1. The molecule has 2 rings (SSSR count). The van der Waals surface area contributed by atoms with Gasteiger partial charge in [-0.15, -0.1) is 10.2 Å². The highest BCUT2D eigenvalue weighted by atomic mass is 16.3. The summed E-state index contributed by atoms with van der Waals surface area (Å²) in [6, 6.07) is 7.76. The molecule has 2 unspecified atom stereocenters. The Morgan fingerprint density at radius 3 is 2.63 bits per heavy atom. The molecule has 6 heteroatoms. The van der Waals surface area contributed by atoms with Crippen LogP contribution in [0.5, 0.6) is 5.75 Å². The first-order chi connectivity index (χ1) is 9.15. The second kappa shape index (κ2) is 6.29. The number of aromatic nitrogens is 4. The molecule has 6 nitrogen and oxygen atoms in total. The third kappa shape index (κ3) is 4.03. The second-order valence-electron chi connectivity index (χ2n) is 4.76. The van der Waals surface area contributed by atoms with Gasteiger partial charge >= 0.3 is 0 Å². The first-order valence-corrected chi connectivity index (χ1v) is 6.42. The fraction of sp³-hybridized carbons (Fsp3) is 0.462. The SMILES string of the molecule is CC(CCc1ccc(O)cc1)NC(C)c1nn[nH]n1. The summed E-state index contributed by atoms with van der Waals surface area (Å²) in [6.07, 6.45) is 1.97. The van der Waals surface area contributed by atoms with E-state index in [0.29, 0.717) is 17.6 Å². The van der Waals surface area contributed by atoms with Crippen LogP contribution in [0, 0.1) is 0 Å². The van der Waals surface area contributed by atoms with Crippen LogP contribution in [0.15, 0.2) is 24.3 Å². The van der Waals surface area contributed by atoms with Crippen molar-refractivity contribution in [1.82, 2.24) is 25.9 Å². The molecule has 3 N–H and O–H groups in total. The summed E-state index contributed by atoms with van der Waals surface area (Å²) in [4.78, 5) is 0. The highest BCUT2D eigenvalue weighted by Crippen LogP contribution is 2.13. The molecule has 0 spiro atoms. The number of phenols is 1. The van der Waals surface area contributed by atoms with E-state index < -0.39 is 0 Å². The Morgan fingerprint density at radius 1 is 1.26 bits per heavy atom. The molecule has 0 aliphatic rings. The van der Waals surface area contributed by atoms with Crippen molar-refractivity contribution < 1.29 is 5.11 Å². The third-order valence-electron chi connectivity index (χ3n) is 3.09. The minimum Gasteiger partial charge on any atom is -0.508 e. The summed E-state index contributed by atoms with van der Waals surface area (Å²) in [5.41, 5.74) is 1.22. The van der Waals surface area contributed by atoms with Gasteiger partial charge in [0.2, 0.25) is 0 Å². The van der Waals surface area contributed by atoms with Gasteiger partial charge in [0, 0.05) is 6.04 Å². The highest BCUT2D eigenvalue weighted by Gasteiger charge is 2.12. The molecule has 0 bridgehead atoms. The van der Waals surface area contributed by atoms with Crippen LogP contribution in [0.4, 0.5) is 0 Å². The van der Waals surface area contributed by atoms with E-state index in [0.717, 1.165) is 12.8 Å². The van der Waals surface area contributed by atoms with Crippen LogP contribution in [-0.4, -0.2) is 31.8 Å². The molecular formula is C13H19N5O. The number of nitrogens with zero attached hydrogens (tertiary/aromatic N) is 3. The molecule has 0 saturated heterocycles. The number of rotatable bonds is 6. The normalized spacial score (nSPS) is 14.2. The molecule has 2 aromatic rings. The minimum atomic E-state index is 0.0774. The Morgan fingerprint density at radius 2 is 2.00 bits per heavy atom. The molecule has 0 aliphatic carbocycles. The molecule has 1 aromatic carbocycles. The smallest absolute Gasteiger partial charge is 0.191 e. The molecule has 0 radical (unpaired) electrons. The summed E-state index contributed by atoms with van der Waals surface area (Å²) in [7, 11) is 0. The van der Waals surface area contributed by atoms with Crippen molar-refractivity contribution in [3.63, 3.8) is 0 Å². The standard InChI is InChI=1S/C13H19N5O/c1-9(14-10(2)13-15-17-18-16-13)3-4-11-5-7-12(19)8-6-11/h5-10,14,19H,3-4H2,1-2H3,(H,15,16,17,18). The van der Waals surface area contributed by atoms with Crippen LogP contribution in [0.2, 0.25) is 0 Å². The quantitative estimate of drug-likeness (QED) is 0.735. The lowest BCUT2D eigenvalue weighted by Crippen LogP contribution is -2.30. The van der Waals surface area contributed by atoms with Gasteiger partial charge in [0.05, 0.1) is 6.04 Å². The Hall–Kier alpha value is -1.95. The molecule has 0 saturated carbocycles. The topological polar surface area (TPSA) is 86.7 Å². The number of phenolic OH excluding ortho intramolecular Hbond substituents is 1. The van der Waals surface area contributed by atoms with Crippen LogP contribution in [0.3, 0.4) is 0 Å². The zero-order valence-electron chi connectivity index (χ0n) is 11.2. The Balaban J connectivity index is 1.78. The fourth-order valence-electron chi connectivity index (χ4n) is 1.98. The maximum absolute atomic E-state index is 9.22. The summed E-state index contributed by atoms with van der Waals surface area (Å²) in [5.74, 6) is 0.983. The van der Waals surface area contributed by atoms with Crippen molar-refractivity contribution in [3.8, 4) is 5.75 Å². The van der Waals surface area contributed by atoms with E-state index >= 15 is 0 Å². The van der Waals surface area contributed by atoms with Crippen molar-refractivity contribution in [2.75, 3.05) is 0 Å². The van der Waals surface area contributed by atoms with Gasteiger partial charge in [0.25, 0.3) is 0 Å². The van der Waals surface area contributed by atoms with Gasteiger partial charge in [0.1, 0.15) is 5.75 Å². The van der Waals surface area contributed by atoms with Crippen LogP contribution in [0.25, 0.3) is 0 Å². The highest BCUT2D eigenvalue weighted by molar-refractivity contribution is 5.25. The number of H-pyrrole nitrogens is 1. The summed E-state index contributed by atoms with van der Waals surface area (Å²) < 4.78 is 0. The average molecular weight is 261 g/mol. The van der Waals surface area contributed by atoms with Crippen molar-refractivity contribution in [3.05, 3.63) is 35.7 Å². The van der Waals surface area contributed by atoms with Gasteiger partial charge in [-0.2, -0.15) is 5.21 Å². The van der Waals surface area contributed by atoms with Crippen LogP contribution in [-0.2, 0) is 6.42 Å². The van der Waals surface area contributed by atoms with Gasteiger partial charge in [-0.05, 0) is 44.4 Å². The molecule has 0 fully saturated rings. The lowest BCUT2D eigenvalue weighted by atomic mass is 10.1. The van der Waals surface area contributed by atoms with Gasteiger partial charge in [-0.1, -0.05) is 17.3 Å². The minimum absolute atomic E-state index is 0.0774. The van der Waals surface area contributed by atoms with E-state index in [4.69, 9.17) is 0 Å². The van der Waals surface area contributed by atoms with Crippen LogP contribution >= 0.6 is 0 Å². The number of hydrogen-bond donors (Lipinski definition) is 3. The predicted molar refractivity (Wildman–Crippen MR) is 71.6 cm³/mol. The van der Waals surface area contributed by atoms with E-state index in [9.17, 15) is 5.11 Å². The molecular weight excluding hydrogens is 242 g/mol.